The van der Waals surface area contributed by atoms with Crippen LogP contribution in [-0.2, 0) is 13.0 Å². The van der Waals surface area contributed by atoms with Crippen LogP contribution in [-0.4, -0.2) is 6.54 Å². The van der Waals surface area contributed by atoms with Gasteiger partial charge in [-0.25, -0.2) is 4.39 Å². The molecule has 0 spiro atoms. The molecule has 0 unspecified atom stereocenters. The van der Waals surface area contributed by atoms with E-state index in [0.717, 1.165) is 18.5 Å². The van der Waals surface area contributed by atoms with Crippen LogP contribution in [0.1, 0.15) is 16.7 Å². The van der Waals surface area contributed by atoms with E-state index in [2.05, 4.69) is 36.5 Å². The van der Waals surface area contributed by atoms with Gasteiger partial charge in [-0.2, -0.15) is 0 Å². The molecule has 2 rings (SSSR count). The summed E-state index contributed by atoms with van der Waals surface area (Å²) in [5.74, 6) is -0.298. The molecule has 1 N–H and O–H groups in total. The average Bonchev–Trinajstić information content (AvgIpc) is 2.37. The second kappa shape index (κ2) is 6.69. The predicted octanol–water partition coefficient (Wildman–Crippen LogP) is 4.12. The molecule has 0 fully saturated rings. The van der Waals surface area contributed by atoms with E-state index in [4.69, 9.17) is 11.6 Å². The molecule has 0 aromatic heterocycles. The van der Waals surface area contributed by atoms with Crippen LogP contribution in [0.25, 0.3) is 0 Å². The summed E-state index contributed by atoms with van der Waals surface area (Å²) in [6.45, 7) is 3.62. The molecule has 0 amide bonds. The quantitative estimate of drug-likeness (QED) is 0.811. The van der Waals surface area contributed by atoms with E-state index in [1.54, 1.807) is 6.07 Å². The summed E-state index contributed by atoms with van der Waals surface area (Å²) >= 11 is 5.97. The molecule has 0 atom stereocenters. The summed E-state index contributed by atoms with van der Waals surface area (Å²) in [4.78, 5) is 0. The molecule has 3 heteroatoms. The Labute approximate surface area is 118 Å². The Morgan fingerprint density at radius 3 is 2.74 bits per heavy atom. The zero-order valence-electron chi connectivity index (χ0n) is 10.9. The van der Waals surface area contributed by atoms with Gasteiger partial charge in [0.15, 0.2) is 0 Å². The number of aryl methyl sites for hydroxylation is 1. The summed E-state index contributed by atoms with van der Waals surface area (Å²) in [6, 6.07) is 13.0. The highest BCUT2D eigenvalue weighted by Gasteiger charge is 2.01. The van der Waals surface area contributed by atoms with Crippen molar-refractivity contribution in [3.63, 3.8) is 0 Å². The van der Waals surface area contributed by atoms with E-state index in [0.29, 0.717) is 11.6 Å². The first kappa shape index (κ1) is 14.0. The molecule has 2 aromatic rings. The Hall–Kier alpha value is -1.38. The zero-order chi connectivity index (χ0) is 13.7. The van der Waals surface area contributed by atoms with Crippen molar-refractivity contribution >= 4 is 11.6 Å². The normalized spacial score (nSPS) is 10.7. The fraction of sp³-hybridized carbons (Fsp3) is 0.250. The highest BCUT2D eigenvalue weighted by atomic mass is 35.5. The van der Waals surface area contributed by atoms with E-state index in [-0.39, 0.29) is 5.82 Å². The van der Waals surface area contributed by atoms with Gasteiger partial charge in [0.05, 0.1) is 0 Å². The second-order valence-electron chi connectivity index (χ2n) is 4.65. The summed E-state index contributed by atoms with van der Waals surface area (Å²) < 4.78 is 12.9. The largest absolute Gasteiger partial charge is 0.312 e. The Bertz CT molecular complexity index is 554. The first-order valence-corrected chi connectivity index (χ1v) is 6.73. The van der Waals surface area contributed by atoms with Crippen LogP contribution < -0.4 is 5.32 Å². The van der Waals surface area contributed by atoms with Crippen molar-refractivity contribution in [1.29, 1.82) is 0 Å². The smallest absolute Gasteiger partial charge is 0.124 e. The van der Waals surface area contributed by atoms with Crippen molar-refractivity contribution in [2.45, 2.75) is 19.9 Å². The Balaban J connectivity index is 1.81. The molecule has 0 bridgehead atoms. The topological polar surface area (TPSA) is 12.0 Å². The van der Waals surface area contributed by atoms with Crippen LogP contribution in [0.15, 0.2) is 42.5 Å². The SMILES string of the molecule is Cc1cccc(CCNCc2ccc(F)cc2Cl)c1. The maximum Gasteiger partial charge on any atom is 0.124 e. The fourth-order valence-electron chi connectivity index (χ4n) is 1.99. The lowest BCUT2D eigenvalue weighted by molar-refractivity contribution is 0.625. The van der Waals surface area contributed by atoms with Crippen molar-refractivity contribution in [3.8, 4) is 0 Å². The Morgan fingerprint density at radius 1 is 1.16 bits per heavy atom. The highest BCUT2D eigenvalue weighted by Crippen LogP contribution is 2.16. The van der Waals surface area contributed by atoms with E-state index in [9.17, 15) is 4.39 Å². The van der Waals surface area contributed by atoms with Crippen molar-refractivity contribution in [2.24, 2.45) is 0 Å². The molecule has 0 saturated heterocycles. The minimum Gasteiger partial charge on any atom is -0.312 e. The first-order valence-electron chi connectivity index (χ1n) is 6.35. The van der Waals surface area contributed by atoms with Gasteiger partial charge in [-0.3, -0.25) is 0 Å². The van der Waals surface area contributed by atoms with Crippen LogP contribution in [0.5, 0.6) is 0 Å². The van der Waals surface area contributed by atoms with Crippen molar-refractivity contribution < 1.29 is 4.39 Å². The molecule has 0 aliphatic heterocycles. The molecule has 100 valence electrons. The van der Waals surface area contributed by atoms with Crippen LogP contribution in [0.4, 0.5) is 4.39 Å². The molecular formula is C16H17ClFN. The number of nitrogens with one attached hydrogen (secondary N) is 1. The van der Waals surface area contributed by atoms with Gasteiger partial charge in [-0.15, -0.1) is 0 Å². The predicted molar refractivity (Wildman–Crippen MR) is 78.0 cm³/mol. The van der Waals surface area contributed by atoms with Crippen molar-refractivity contribution in [2.75, 3.05) is 6.54 Å². The van der Waals surface area contributed by atoms with Crippen LogP contribution in [0.2, 0.25) is 5.02 Å². The van der Waals surface area contributed by atoms with Gasteiger partial charge in [-0.05, 0) is 43.1 Å². The molecule has 0 radical (unpaired) electrons. The van der Waals surface area contributed by atoms with Gasteiger partial charge in [-0.1, -0.05) is 47.5 Å². The highest BCUT2D eigenvalue weighted by molar-refractivity contribution is 6.31. The minimum absolute atomic E-state index is 0.298. The Kier molecular flexibility index (Phi) is 4.94. The number of hydrogen-bond donors (Lipinski definition) is 1. The molecule has 0 saturated carbocycles. The molecule has 19 heavy (non-hydrogen) atoms. The molecule has 0 aliphatic carbocycles. The molecule has 0 aliphatic rings. The summed E-state index contributed by atoms with van der Waals surface area (Å²) in [5, 5.41) is 3.80. The first-order chi connectivity index (χ1) is 9.15. The van der Waals surface area contributed by atoms with E-state index in [1.807, 2.05) is 0 Å². The third-order valence-corrected chi connectivity index (χ3v) is 3.36. The van der Waals surface area contributed by atoms with E-state index >= 15 is 0 Å². The molecule has 2 aromatic carbocycles. The monoisotopic (exact) mass is 277 g/mol. The summed E-state index contributed by atoms with van der Waals surface area (Å²) in [7, 11) is 0. The fourth-order valence-corrected chi connectivity index (χ4v) is 2.22. The van der Waals surface area contributed by atoms with Crippen LogP contribution in [0, 0.1) is 12.7 Å². The number of halogens is 2. The maximum atomic E-state index is 12.9. The number of rotatable bonds is 5. The minimum atomic E-state index is -0.298. The molecular weight excluding hydrogens is 261 g/mol. The van der Waals surface area contributed by atoms with Crippen molar-refractivity contribution in [1.82, 2.24) is 5.32 Å². The van der Waals surface area contributed by atoms with E-state index in [1.165, 1.54) is 23.3 Å². The standard InChI is InChI=1S/C16H17ClFN/c1-12-3-2-4-13(9-12)7-8-19-11-14-5-6-15(18)10-16(14)17/h2-6,9-10,19H,7-8,11H2,1H3. The van der Waals surface area contributed by atoms with Crippen LogP contribution in [0.3, 0.4) is 0 Å². The maximum absolute atomic E-state index is 12.9. The zero-order valence-corrected chi connectivity index (χ0v) is 11.7. The van der Waals surface area contributed by atoms with Gasteiger partial charge in [0.2, 0.25) is 0 Å². The average molecular weight is 278 g/mol. The van der Waals surface area contributed by atoms with Gasteiger partial charge in [0.1, 0.15) is 5.82 Å². The lowest BCUT2D eigenvalue weighted by atomic mass is 10.1. The van der Waals surface area contributed by atoms with Gasteiger partial charge in [0, 0.05) is 11.6 Å². The summed E-state index contributed by atoms with van der Waals surface area (Å²) in [6.07, 6.45) is 0.973. The van der Waals surface area contributed by atoms with Gasteiger partial charge >= 0.3 is 0 Å². The third kappa shape index (κ3) is 4.34. The van der Waals surface area contributed by atoms with Crippen molar-refractivity contribution in [3.05, 3.63) is 70.0 Å². The molecule has 0 heterocycles. The summed E-state index contributed by atoms with van der Waals surface area (Å²) in [5.41, 5.74) is 3.52. The lowest BCUT2D eigenvalue weighted by Gasteiger charge is -2.07. The van der Waals surface area contributed by atoms with E-state index < -0.39 is 0 Å². The van der Waals surface area contributed by atoms with Crippen LogP contribution >= 0.6 is 11.6 Å². The third-order valence-electron chi connectivity index (χ3n) is 3.00. The molecule has 1 nitrogen and oxygen atoms in total. The van der Waals surface area contributed by atoms with Gasteiger partial charge in [0.25, 0.3) is 0 Å². The number of benzene rings is 2. The second-order valence-corrected chi connectivity index (χ2v) is 5.06. The lowest BCUT2D eigenvalue weighted by Crippen LogP contribution is -2.17. The van der Waals surface area contributed by atoms with Gasteiger partial charge < -0.3 is 5.32 Å². The Morgan fingerprint density at radius 2 is 2.00 bits per heavy atom. The number of hydrogen-bond acceptors (Lipinski definition) is 1.